The monoisotopic (exact) mass is 686 g/mol. The second-order valence-corrected chi connectivity index (χ2v) is 13.7. The molecule has 0 aliphatic carbocycles. The van der Waals surface area contributed by atoms with Gasteiger partial charge in [0.15, 0.2) is 0 Å². The molecule has 9 aromatic rings. The van der Waals surface area contributed by atoms with Crippen molar-refractivity contribution in [3.63, 3.8) is 0 Å². The summed E-state index contributed by atoms with van der Waals surface area (Å²) in [5, 5.41) is 7.26. The van der Waals surface area contributed by atoms with Crippen molar-refractivity contribution in [2.75, 3.05) is 0 Å². The van der Waals surface area contributed by atoms with Crippen LogP contribution in [0.25, 0.3) is 66.7 Å². The molecule has 0 N–H and O–H groups in total. The maximum Gasteiger partial charge on any atom is 0.137 e. The number of rotatable bonds is 7. The van der Waals surface area contributed by atoms with Crippen molar-refractivity contribution in [1.29, 1.82) is 0 Å². The van der Waals surface area contributed by atoms with Crippen LogP contribution in [0.15, 0.2) is 158 Å². The molecular formula is C48H38N4O. The van der Waals surface area contributed by atoms with E-state index >= 15 is 0 Å². The van der Waals surface area contributed by atoms with E-state index in [1.54, 1.807) is 0 Å². The largest absolute Gasteiger partial charge is 0.457 e. The second kappa shape index (κ2) is 13.1. The van der Waals surface area contributed by atoms with Crippen LogP contribution in [0.5, 0.6) is 11.5 Å². The van der Waals surface area contributed by atoms with E-state index in [9.17, 15) is 0 Å². The Morgan fingerprint density at radius 3 is 1.89 bits per heavy atom. The van der Waals surface area contributed by atoms with Crippen LogP contribution in [-0.4, -0.2) is 19.3 Å². The number of benzene rings is 6. The standard InChI is InChI=1S/C48H38N4O/c1-31-24-25-49-45(26-31)52-43-21-12-11-20-41(43)42-23-22-40(28-44(42)52)53-39-19-13-18-38(27-39)51-30-37(29-50-51)48-46(35-14-7-5-8-15-35)33(3)32(2)34(4)47(48)36-16-9-6-10-17-36/h5-30H,1-4H3. The molecule has 0 radical (unpaired) electrons. The summed E-state index contributed by atoms with van der Waals surface area (Å²) in [6.45, 7) is 8.81. The maximum absolute atomic E-state index is 6.57. The number of hydrogen-bond donors (Lipinski definition) is 0. The van der Waals surface area contributed by atoms with Gasteiger partial charge in [0.05, 0.1) is 22.9 Å². The van der Waals surface area contributed by atoms with Gasteiger partial charge in [-0.3, -0.25) is 4.57 Å². The number of ether oxygens (including phenoxy) is 1. The number of pyridine rings is 1. The Kier molecular flexibility index (Phi) is 7.97. The van der Waals surface area contributed by atoms with E-state index in [4.69, 9.17) is 14.8 Å². The molecule has 0 aliphatic heterocycles. The number of aryl methyl sites for hydroxylation is 1. The minimum atomic E-state index is 0.729. The second-order valence-electron chi connectivity index (χ2n) is 13.7. The number of nitrogens with zero attached hydrogens (tertiary/aromatic N) is 4. The first-order chi connectivity index (χ1) is 25.9. The Bertz CT molecular complexity index is 2730. The first-order valence-corrected chi connectivity index (χ1v) is 18.0. The van der Waals surface area contributed by atoms with Gasteiger partial charge in [-0.05, 0) is 115 Å². The van der Waals surface area contributed by atoms with E-state index in [0.717, 1.165) is 50.6 Å². The van der Waals surface area contributed by atoms with Gasteiger partial charge in [0, 0.05) is 46.4 Å². The third-order valence-electron chi connectivity index (χ3n) is 10.5. The van der Waals surface area contributed by atoms with Gasteiger partial charge in [-0.15, -0.1) is 0 Å². The molecule has 0 unspecified atom stereocenters. The van der Waals surface area contributed by atoms with Crippen molar-refractivity contribution >= 4 is 21.8 Å². The molecule has 6 aromatic carbocycles. The lowest BCUT2D eigenvalue weighted by atomic mass is 9.81. The molecule has 0 amide bonds. The lowest BCUT2D eigenvalue weighted by Gasteiger charge is -2.23. The topological polar surface area (TPSA) is 44.9 Å². The Balaban J connectivity index is 1.12. The molecule has 256 valence electrons. The Morgan fingerprint density at radius 1 is 0.509 bits per heavy atom. The van der Waals surface area contributed by atoms with Crippen LogP contribution in [0.2, 0.25) is 0 Å². The highest BCUT2D eigenvalue weighted by molar-refractivity contribution is 6.09. The van der Waals surface area contributed by atoms with Crippen molar-refractivity contribution in [1.82, 2.24) is 19.3 Å². The fraction of sp³-hybridized carbons (Fsp3) is 0.0833. The van der Waals surface area contributed by atoms with E-state index in [-0.39, 0.29) is 0 Å². The van der Waals surface area contributed by atoms with Gasteiger partial charge < -0.3 is 4.74 Å². The summed E-state index contributed by atoms with van der Waals surface area (Å²) in [4.78, 5) is 4.74. The summed E-state index contributed by atoms with van der Waals surface area (Å²) in [5.74, 6) is 2.36. The van der Waals surface area contributed by atoms with E-state index < -0.39 is 0 Å². The zero-order chi connectivity index (χ0) is 36.1. The molecule has 3 aromatic heterocycles. The van der Waals surface area contributed by atoms with E-state index in [0.29, 0.717) is 0 Å². The van der Waals surface area contributed by atoms with Crippen molar-refractivity contribution in [2.24, 2.45) is 0 Å². The van der Waals surface area contributed by atoms with Crippen molar-refractivity contribution in [3.8, 4) is 56.4 Å². The van der Waals surface area contributed by atoms with Crippen LogP contribution in [0.3, 0.4) is 0 Å². The molecule has 0 bridgehead atoms. The Morgan fingerprint density at radius 2 is 1.17 bits per heavy atom. The number of fused-ring (bicyclic) bond motifs is 3. The zero-order valence-electron chi connectivity index (χ0n) is 30.2. The molecule has 0 spiro atoms. The van der Waals surface area contributed by atoms with Crippen LogP contribution in [-0.2, 0) is 0 Å². The van der Waals surface area contributed by atoms with E-state index in [1.807, 2.05) is 47.4 Å². The molecule has 9 rings (SSSR count). The quantitative estimate of drug-likeness (QED) is 0.168. The van der Waals surface area contributed by atoms with Gasteiger partial charge in [0.1, 0.15) is 17.3 Å². The molecule has 3 heterocycles. The first-order valence-electron chi connectivity index (χ1n) is 18.0. The fourth-order valence-corrected chi connectivity index (χ4v) is 7.70. The minimum Gasteiger partial charge on any atom is -0.457 e. The van der Waals surface area contributed by atoms with Crippen LogP contribution >= 0.6 is 0 Å². The summed E-state index contributed by atoms with van der Waals surface area (Å²) in [6.07, 6.45) is 5.99. The van der Waals surface area contributed by atoms with E-state index in [2.05, 4.69) is 148 Å². The molecule has 0 fully saturated rings. The lowest BCUT2D eigenvalue weighted by Crippen LogP contribution is -2.00. The van der Waals surface area contributed by atoms with Gasteiger partial charge in [0.2, 0.25) is 0 Å². The highest BCUT2D eigenvalue weighted by Crippen LogP contribution is 2.46. The molecule has 53 heavy (non-hydrogen) atoms. The highest BCUT2D eigenvalue weighted by Gasteiger charge is 2.23. The third kappa shape index (κ3) is 5.67. The van der Waals surface area contributed by atoms with Gasteiger partial charge in [-0.2, -0.15) is 5.10 Å². The van der Waals surface area contributed by atoms with Crippen LogP contribution in [0.1, 0.15) is 22.3 Å². The third-order valence-corrected chi connectivity index (χ3v) is 10.5. The summed E-state index contributed by atoms with van der Waals surface area (Å²) >= 11 is 0. The first kappa shape index (κ1) is 32.2. The summed E-state index contributed by atoms with van der Waals surface area (Å²) in [5.41, 5.74) is 15.2. The van der Waals surface area contributed by atoms with Crippen molar-refractivity contribution < 1.29 is 4.74 Å². The molecule has 5 heteroatoms. The van der Waals surface area contributed by atoms with Gasteiger partial charge in [-0.1, -0.05) is 84.9 Å². The average Bonchev–Trinajstić information content (AvgIpc) is 3.81. The fourth-order valence-electron chi connectivity index (χ4n) is 7.70. The highest BCUT2D eigenvalue weighted by atomic mass is 16.5. The average molecular weight is 687 g/mol. The molecular weight excluding hydrogens is 649 g/mol. The molecule has 5 nitrogen and oxygen atoms in total. The Labute approximate surface area is 309 Å². The zero-order valence-corrected chi connectivity index (χ0v) is 30.2. The summed E-state index contributed by atoms with van der Waals surface area (Å²) < 4.78 is 10.7. The summed E-state index contributed by atoms with van der Waals surface area (Å²) in [6, 6.07) is 48.4. The van der Waals surface area contributed by atoms with Crippen LogP contribution < -0.4 is 4.74 Å². The SMILES string of the molecule is Cc1ccnc(-n2c3ccccc3c3ccc(Oc4cccc(-n5cc(-c6c(-c7ccccc7)c(C)c(C)c(C)c6-c6ccccc6)cn5)c4)cc32)c1. The predicted molar refractivity (Wildman–Crippen MR) is 217 cm³/mol. The smallest absolute Gasteiger partial charge is 0.137 e. The molecule has 0 saturated heterocycles. The van der Waals surface area contributed by atoms with Crippen LogP contribution in [0, 0.1) is 27.7 Å². The number of hydrogen-bond acceptors (Lipinski definition) is 3. The number of para-hydroxylation sites is 1. The minimum absolute atomic E-state index is 0.729. The van der Waals surface area contributed by atoms with Gasteiger partial charge in [0.25, 0.3) is 0 Å². The molecule has 0 aliphatic rings. The van der Waals surface area contributed by atoms with Crippen LogP contribution in [0.4, 0.5) is 0 Å². The molecule has 0 atom stereocenters. The maximum atomic E-state index is 6.57. The lowest BCUT2D eigenvalue weighted by molar-refractivity contribution is 0.483. The van der Waals surface area contributed by atoms with Gasteiger partial charge in [-0.25, -0.2) is 9.67 Å². The predicted octanol–water partition coefficient (Wildman–Crippen LogP) is 12.4. The normalized spacial score (nSPS) is 11.4. The van der Waals surface area contributed by atoms with E-state index in [1.165, 1.54) is 49.9 Å². The summed E-state index contributed by atoms with van der Waals surface area (Å²) in [7, 11) is 0. The van der Waals surface area contributed by atoms with Gasteiger partial charge >= 0.3 is 0 Å². The Hall–Kier alpha value is -6.72. The molecule has 0 saturated carbocycles. The van der Waals surface area contributed by atoms with Crippen molar-refractivity contribution in [3.05, 3.63) is 180 Å². The number of aromatic nitrogens is 4. The van der Waals surface area contributed by atoms with Crippen molar-refractivity contribution in [2.45, 2.75) is 27.7 Å².